The van der Waals surface area contributed by atoms with E-state index in [1.165, 1.54) is 18.2 Å². The first-order valence-corrected chi connectivity index (χ1v) is 9.96. The molecule has 0 saturated heterocycles. The number of nitrogens with two attached hydrogens (primary N) is 1. The molecular weight excluding hydrogens is 409 g/mol. The molecule has 2 aromatic rings. The highest BCUT2D eigenvalue weighted by molar-refractivity contribution is 5.74. The Kier molecular flexibility index (Phi) is 4.46. The lowest BCUT2D eigenvalue weighted by atomic mass is 9.84. The number of halogens is 3. The number of alkyl halides is 2. The van der Waals surface area contributed by atoms with E-state index in [0.29, 0.717) is 36.4 Å². The van der Waals surface area contributed by atoms with E-state index in [0.717, 1.165) is 5.56 Å². The number of rotatable bonds is 4. The maximum atomic E-state index is 14.8. The lowest BCUT2D eigenvalue weighted by molar-refractivity contribution is 0.0177. The molecule has 0 bridgehead atoms. The summed E-state index contributed by atoms with van der Waals surface area (Å²) in [7, 11) is 0. The SMILES string of the molecule is N#Cc1ccc2c(c1)OCC[C@@H]2Nc1ccc(F)c([C@@]2(C(F)F)N=C(N)O[C@@H]3C[C@@H]32)c1. The topological polar surface area (TPSA) is 92.7 Å². The largest absolute Gasteiger partial charge is 0.493 e. The maximum absolute atomic E-state index is 14.8. The van der Waals surface area contributed by atoms with Gasteiger partial charge in [0.2, 0.25) is 0 Å². The maximum Gasteiger partial charge on any atom is 0.283 e. The van der Waals surface area contributed by atoms with Gasteiger partial charge in [0.25, 0.3) is 12.4 Å². The minimum absolute atomic E-state index is 0.186. The Morgan fingerprint density at radius 3 is 2.87 bits per heavy atom. The number of amidine groups is 1. The fourth-order valence-corrected chi connectivity index (χ4v) is 4.53. The Morgan fingerprint density at radius 2 is 2.10 bits per heavy atom. The summed E-state index contributed by atoms with van der Waals surface area (Å²) in [6.45, 7) is 0.427. The molecule has 9 heteroatoms. The lowest BCUT2D eigenvalue weighted by Gasteiger charge is -2.34. The molecule has 3 N–H and O–H groups in total. The number of nitriles is 1. The Hall–Kier alpha value is -3.41. The van der Waals surface area contributed by atoms with Crippen LogP contribution in [0.15, 0.2) is 41.4 Å². The van der Waals surface area contributed by atoms with Gasteiger partial charge in [-0.1, -0.05) is 6.07 Å². The highest BCUT2D eigenvalue weighted by Gasteiger charge is 2.64. The van der Waals surface area contributed by atoms with Crippen molar-refractivity contribution in [3.05, 3.63) is 58.9 Å². The standard InChI is InChI=1S/C22H19F3N4O2/c23-16-4-2-12(28-17-5-6-30-18-7-11(10-26)1-3-13(17)18)8-14(16)22(20(24)25)15-9-19(15)31-21(27)29-22/h1-4,7-8,15,17,19-20,28H,5-6,9H2,(H2,27,29)/t15-,17-,19+,22+/m0/s1. The molecule has 4 atom stereocenters. The Balaban J connectivity index is 1.51. The van der Waals surface area contributed by atoms with Gasteiger partial charge in [-0.3, -0.25) is 0 Å². The molecule has 2 heterocycles. The molecule has 0 amide bonds. The summed E-state index contributed by atoms with van der Waals surface area (Å²) in [6, 6.07) is 10.8. The van der Waals surface area contributed by atoms with Gasteiger partial charge >= 0.3 is 0 Å². The zero-order valence-corrected chi connectivity index (χ0v) is 16.3. The monoisotopic (exact) mass is 428 g/mol. The average molecular weight is 428 g/mol. The van der Waals surface area contributed by atoms with Crippen molar-refractivity contribution in [2.45, 2.75) is 37.0 Å². The van der Waals surface area contributed by atoms with Crippen molar-refractivity contribution in [3.63, 3.8) is 0 Å². The van der Waals surface area contributed by atoms with Crippen LogP contribution >= 0.6 is 0 Å². The van der Waals surface area contributed by atoms with Crippen LogP contribution in [-0.2, 0) is 10.3 Å². The van der Waals surface area contributed by atoms with Crippen molar-refractivity contribution in [3.8, 4) is 11.8 Å². The van der Waals surface area contributed by atoms with Crippen molar-refractivity contribution < 1.29 is 22.6 Å². The van der Waals surface area contributed by atoms with E-state index in [2.05, 4.69) is 16.4 Å². The highest BCUT2D eigenvalue weighted by Crippen LogP contribution is 2.56. The molecule has 3 aliphatic rings. The summed E-state index contributed by atoms with van der Waals surface area (Å²) < 4.78 is 54.3. The predicted molar refractivity (Wildman–Crippen MR) is 106 cm³/mol. The molecule has 1 fully saturated rings. The van der Waals surface area contributed by atoms with E-state index in [1.54, 1.807) is 18.2 Å². The average Bonchev–Trinajstić information content (AvgIpc) is 3.53. The minimum atomic E-state index is -2.94. The number of nitrogens with one attached hydrogen (secondary N) is 1. The number of anilines is 1. The van der Waals surface area contributed by atoms with Crippen molar-refractivity contribution in [2.75, 3.05) is 11.9 Å². The second-order valence-corrected chi connectivity index (χ2v) is 7.97. The first kappa shape index (κ1) is 19.5. The third-order valence-corrected chi connectivity index (χ3v) is 6.12. The third kappa shape index (κ3) is 3.14. The van der Waals surface area contributed by atoms with Gasteiger partial charge in [0, 0.05) is 29.2 Å². The van der Waals surface area contributed by atoms with E-state index in [-0.39, 0.29) is 17.6 Å². The molecule has 0 radical (unpaired) electrons. The smallest absolute Gasteiger partial charge is 0.283 e. The lowest BCUT2D eigenvalue weighted by Crippen LogP contribution is -2.43. The molecule has 0 aromatic heterocycles. The van der Waals surface area contributed by atoms with Gasteiger partial charge in [0.1, 0.15) is 17.7 Å². The van der Waals surface area contributed by atoms with Gasteiger partial charge in [0.05, 0.1) is 24.3 Å². The Labute approximate surface area is 176 Å². The molecule has 31 heavy (non-hydrogen) atoms. The van der Waals surface area contributed by atoms with E-state index < -0.39 is 29.8 Å². The van der Waals surface area contributed by atoms with E-state index in [1.807, 2.05) is 0 Å². The van der Waals surface area contributed by atoms with Crippen LogP contribution in [0.5, 0.6) is 5.75 Å². The molecule has 1 saturated carbocycles. The quantitative estimate of drug-likeness (QED) is 0.772. The molecule has 0 spiro atoms. The predicted octanol–water partition coefficient (Wildman–Crippen LogP) is 3.83. The molecule has 0 unspecified atom stereocenters. The molecular formula is C22H19F3N4O2. The molecule has 2 aliphatic heterocycles. The van der Waals surface area contributed by atoms with Gasteiger partial charge in [0.15, 0.2) is 5.54 Å². The summed E-state index contributed by atoms with van der Waals surface area (Å²) >= 11 is 0. The van der Waals surface area contributed by atoms with Gasteiger partial charge < -0.3 is 20.5 Å². The summed E-state index contributed by atoms with van der Waals surface area (Å²) in [6.07, 6.45) is -2.45. The van der Waals surface area contributed by atoms with Gasteiger partial charge in [-0.2, -0.15) is 5.26 Å². The minimum Gasteiger partial charge on any atom is -0.493 e. The number of benzene rings is 2. The highest BCUT2D eigenvalue weighted by atomic mass is 19.3. The molecule has 6 nitrogen and oxygen atoms in total. The number of fused-ring (bicyclic) bond motifs is 2. The first-order chi connectivity index (χ1) is 14.9. The van der Waals surface area contributed by atoms with E-state index in [4.69, 9.17) is 20.5 Å². The number of nitrogens with zero attached hydrogens (tertiary/aromatic N) is 2. The van der Waals surface area contributed by atoms with Gasteiger partial charge in [-0.15, -0.1) is 0 Å². The second kappa shape index (κ2) is 7.08. The van der Waals surface area contributed by atoms with Crippen LogP contribution in [-0.4, -0.2) is 25.2 Å². The number of hydrogen-bond donors (Lipinski definition) is 2. The third-order valence-electron chi connectivity index (χ3n) is 6.12. The van der Waals surface area contributed by atoms with Gasteiger partial charge in [-0.05, 0) is 36.8 Å². The zero-order chi connectivity index (χ0) is 21.8. The second-order valence-electron chi connectivity index (χ2n) is 7.97. The molecule has 160 valence electrons. The van der Waals surface area contributed by atoms with Crippen LogP contribution in [0, 0.1) is 23.1 Å². The van der Waals surface area contributed by atoms with Crippen LogP contribution < -0.4 is 15.8 Å². The van der Waals surface area contributed by atoms with Crippen LogP contribution in [0.1, 0.15) is 35.6 Å². The van der Waals surface area contributed by atoms with Crippen molar-refractivity contribution >= 4 is 11.7 Å². The summed E-state index contributed by atoms with van der Waals surface area (Å²) in [4.78, 5) is 3.91. The van der Waals surface area contributed by atoms with Crippen molar-refractivity contribution in [1.82, 2.24) is 0 Å². The fourth-order valence-electron chi connectivity index (χ4n) is 4.53. The van der Waals surface area contributed by atoms with Gasteiger partial charge in [-0.25, -0.2) is 18.2 Å². The van der Waals surface area contributed by atoms with Crippen LogP contribution in [0.2, 0.25) is 0 Å². The van der Waals surface area contributed by atoms with E-state index >= 15 is 0 Å². The number of ether oxygens (including phenoxy) is 2. The summed E-state index contributed by atoms with van der Waals surface area (Å²) in [5.41, 5.74) is 5.18. The first-order valence-electron chi connectivity index (χ1n) is 9.96. The number of aliphatic imine (C=N–C) groups is 1. The van der Waals surface area contributed by atoms with Crippen LogP contribution in [0.3, 0.4) is 0 Å². The summed E-state index contributed by atoms with van der Waals surface area (Å²) in [5.74, 6) is -0.796. The van der Waals surface area contributed by atoms with Crippen molar-refractivity contribution in [1.29, 1.82) is 5.26 Å². The van der Waals surface area contributed by atoms with E-state index in [9.17, 15) is 13.2 Å². The molecule has 1 aliphatic carbocycles. The normalized spacial score (nSPS) is 28.4. The Morgan fingerprint density at radius 1 is 1.26 bits per heavy atom. The molecule has 5 rings (SSSR count). The van der Waals surface area contributed by atoms with Crippen molar-refractivity contribution in [2.24, 2.45) is 16.6 Å². The zero-order valence-electron chi connectivity index (χ0n) is 16.3. The van der Waals surface area contributed by atoms with Crippen LogP contribution in [0.4, 0.5) is 18.9 Å². The summed E-state index contributed by atoms with van der Waals surface area (Å²) in [5, 5.41) is 12.4. The number of hydrogen-bond acceptors (Lipinski definition) is 6. The fraction of sp³-hybridized carbons (Fsp3) is 0.364. The molecule has 2 aromatic carbocycles. The Bertz CT molecular complexity index is 1120. The van der Waals surface area contributed by atoms with Crippen LogP contribution in [0.25, 0.3) is 0 Å².